The SMILES string of the molecule is N=Cc1ccc(OCCNC(CO)c2ccccc2)c2ccccc12. The first-order valence-corrected chi connectivity index (χ1v) is 8.37. The van der Waals surface area contributed by atoms with E-state index in [-0.39, 0.29) is 12.6 Å². The number of aliphatic hydroxyl groups is 1. The summed E-state index contributed by atoms with van der Waals surface area (Å²) in [5.41, 5.74) is 1.94. The lowest BCUT2D eigenvalue weighted by Crippen LogP contribution is -2.28. The number of fused-ring (bicyclic) bond motifs is 1. The van der Waals surface area contributed by atoms with E-state index in [0.29, 0.717) is 13.2 Å². The minimum Gasteiger partial charge on any atom is -0.492 e. The Bertz CT molecular complexity index is 834. The molecule has 0 bridgehead atoms. The first kappa shape index (κ1) is 17.1. The highest BCUT2D eigenvalue weighted by atomic mass is 16.5. The number of rotatable bonds is 8. The molecule has 0 saturated carbocycles. The second kappa shape index (κ2) is 8.42. The fourth-order valence-electron chi connectivity index (χ4n) is 2.91. The summed E-state index contributed by atoms with van der Waals surface area (Å²) >= 11 is 0. The van der Waals surface area contributed by atoms with Crippen LogP contribution in [-0.2, 0) is 0 Å². The van der Waals surface area contributed by atoms with Crippen LogP contribution in [0.1, 0.15) is 17.2 Å². The Hall–Kier alpha value is -2.69. The number of aliphatic hydroxyl groups excluding tert-OH is 1. The molecule has 25 heavy (non-hydrogen) atoms. The van der Waals surface area contributed by atoms with E-state index in [0.717, 1.165) is 27.6 Å². The molecule has 0 aliphatic heterocycles. The summed E-state index contributed by atoms with van der Waals surface area (Å²) in [5, 5.41) is 22.4. The summed E-state index contributed by atoms with van der Waals surface area (Å²) in [7, 11) is 0. The van der Waals surface area contributed by atoms with Crippen LogP contribution in [0.3, 0.4) is 0 Å². The normalized spacial score (nSPS) is 12.0. The van der Waals surface area contributed by atoms with Gasteiger partial charge in [0.2, 0.25) is 0 Å². The molecule has 0 saturated heterocycles. The molecule has 0 fully saturated rings. The van der Waals surface area contributed by atoms with E-state index < -0.39 is 0 Å². The molecule has 3 aromatic rings. The predicted octanol–water partition coefficient (Wildman–Crippen LogP) is 3.54. The Morgan fingerprint density at radius 1 is 0.960 bits per heavy atom. The van der Waals surface area contributed by atoms with Crippen molar-refractivity contribution < 1.29 is 9.84 Å². The molecule has 4 nitrogen and oxygen atoms in total. The van der Waals surface area contributed by atoms with Gasteiger partial charge in [0.15, 0.2) is 0 Å². The minimum absolute atomic E-state index is 0.0426. The number of hydrogen-bond donors (Lipinski definition) is 3. The average Bonchev–Trinajstić information content (AvgIpc) is 2.68. The molecule has 1 atom stereocenters. The predicted molar refractivity (Wildman–Crippen MR) is 102 cm³/mol. The largest absolute Gasteiger partial charge is 0.492 e. The van der Waals surface area contributed by atoms with Crippen molar-refractivity contribution in [3.8, 4) is 5.75 Å². The van der Waals surface area contributed by atoms with Crippen LogP contribution in [-0.4, -0.2) is 31.1 Å². The fraction of sp³-hybridized carbons (Fsp3) is 0.190. The van der Waals surface area contributed by atoms with Crippen LogP contribution in [0.4, 0.5) is 0 Å². The number of benzene rings is 3. The number of ether oxygens (including phenoxy) is 1. The van der Waals surface area contributed by atoms with Crippen LogP contribution in [0, 0.1) is 5.41 Å². The van der Waals surface area contributed by atoms with Gasteiger partial charge in [-0.25, -0.2) is 0 Å². The van der Waals surface area contributed by atoms with Gasteiger partial charge in [0.1, 0.15) is 12.4 Å². The standard InChI is InChI=1S/C21H22N2O2/c22-14-17-10-11-21(19-9-5-4-8-18(17)19)25-13-12-23-20(15-24)16-6-2-1-3-7-16/h1-11,14,20,22-24H,12-13,15H2. The zero-order valence-corrected chi connectivity index (χ0v) is 14.0. The second-order valence-corrected chi connectivity index (χ2v) is 5.79. The smallest absolute Gasteiger partial charge is 0.127 e. The Labute approximate surface area is 147 Å². The molecule has 0 amide bonds. The summed E-state index contributed by atoms with van der Waals surface area (Å²) in [4.78, 5) is 0. The topological polar surface area (TPSA) is 65.3 Å². The summed E-state index contributed by atoms with van der Waals surface area (Å²) in [5.74, 6) is 0.809. The van der Waals surface area contributed by atoms with E-state index in [4.69, 9.17) is 10.1 Å². The second-order valence-electron chi connectivity index (χ2n) is 5.79. The van der Waals surface area contributed by atoms with E-state index in [1.165, 1.54) is 6.21 Å². The van der Waals surface area contributed by atoms with Crippen LogP contribution >= 0.6 is 0 Å². The summed E-state index contributed by atoms with van der Waals surface area (Å²) in [6.07, 6.45) is 1.36. The molecule has 0 heterocycles. The Morgan fingerprint density at radius 2 is 1.68 bits per heavy atom. The molecule has 0 radical (unpaired) electrons. The zero-order chi connectivity index (χ0) is 17.5. The van der Waals surface area contributed by atoms with Crippen LogP contribution in [0.15, 0.2) is 66.7 Å². The lowest BCUT2D eigenvalue weighted by Gasteiger charge is -2.17. The van der Waals surface area contributed by atoms with Gasteiger partial charge in [0.25, 0.3) is 0 Å². The van der Waals surface area contributed by atoms with E-state index in [1.807, 2.05) is 66.7 Å². The molecule has 0 spiro atoms. The lowest BCUT2D eigenvalue weighted by atomic mass is 10.0. The van der Waals surface area contributed by atoms with Gasteiger partial charge < -0.3 is 20.6 Å². The molecule has 0 aliphatic rings. The van der Waals surface area contributed by atoms with Crippen molar-refractivity contribution in [2.75, 3.05) is 19.8 Å². The monoisotopic (exact) mass is 334 g/mol. The summed E-state index contributed by atoms with van der Waals surface area (Å²) in [6.45, 7) is 1.17. The first-order valence-electron chi connectivity index (χ1n) is 8.37. The molecule has 0 aliphatic carbocycles. The third-order valence-electron chi connectivity index (χ3n) is 4.21. The van der Waals surface area contributed by atoms with Crippen LogP contribution in [0.2, 0.25) is 0 Å². The molecule has 3 rings (SSSR count). The van der Waals surface area contributed by atoms with Gasteiger partial charge in [-0.1, -0.05) is 54.6 Å². The van der Waals surface area contributed by atoms with Crippen molar-refractivity contribution in [2.24, 2.45) is 0 Å². The van der Waals surface area contributed by atoms with Crippen molar-refractivity contribution in [2.45, 2.75) is 6.04 Å². The lowest BCUT2D eigenvalue weighted by molar-refractivity contribution is 0.233. The van der Waals surface area contributed by atoms with Crippen molar-refractivity contribution >= 4 is 17.0 Å². The first-order chi connectivity index (χ1) is 12.3. The van der Waals surface area contributed by atoms with Gasteiger partial charge in [0, 0.05) is 23.7 Å². The van der Waals surface area contributed by atoms with E-state index >= 15 is 0 Å². The molecule has 0 aromatic heterocycles. The summed E-state index contributed by atoms with van der Waals surface area (Å²) < 4.78 is 5.93. The average molecular weight is 334 g/mol. The quantitative estimate of drug-likeness (QED) is 0.436. The summed E-state index contributed by atoms with van der Waals surface area (Å²) in [6, 6.07) is 21.5. The van der Waals surface area contributed by atoms with Crippen LogP contribution in [0.25, 0.3) is 10.8 Å². The van der Waals surface area contributed by atoms with E-state index in [1.54, 1.807) is 0 Å². The van der Waals surface area contributed by atoms with Crippen LogP contribution < -0.4 is 10.1 Å². The van der Waals surface area contributed by atoms with Gasteiger partial charge in [-0.3, -0.25) is 0 Å². The molecule has 1 unspecified atom stereocenters. The van der Waals surface area contributed by atoms with Crippen molar-refractivity contribution in [1.82, 2.24) is 5.32 Å². The van der Waals surface area contributed by atoms with Gasteiger partial charge >= 0.3 is 0 Å². The Balaban J connectivity index is 1.63. The van der Waals surface area contributed by atoms with Gasteiger partial charge in [-0.05, 0) is 23.1 Å². The highest BCUT2D eigenvalue weighted by Gasteiger charge is 2.09. The molecule has 4 heteroatoms. The third-order valence-corrected chi connectivity index (χ3v) is 4.21. The Kier molecular flexibility index (Phi) is 5.77. The van der Waals surface area contributed by atoms with Crippen LogP contribution in [0.5, 0.6) is 5.75 Å². The molecule has 3 N–H and O–H groups in total. The van der Waals surface area contributed by atoms with Crippen molar-refractivity contribution in [3.05, 3.63) is 77.9 Å². The van der Waals surface area contributed by atoms with Gasteiger partial charge in [-0.2, -0.15) is 0 Å². The van der Waals surface area contributed by atoms with Gasteiger partial charge in [-0.15, -0.1) is 0 Å². The minimum atomic E-state index is -0.0955. The number of nitrogens with one attached hydrogen (secondary N) is 2. The zero-order valence-electron chi connectivity index (χ0n) is 14.0. The maximum Gasteiger partial charge on any atom is 0.127 e. The molecular formula is C21H22N2O2. The number of hydrogen-bond acceptors (Lipinski definition) is 4. The maximum absolute atomic E-state index is 9.57. The molecular weight excluding hydrogens is 312 g/mol. The van der Waals surface area contributed by atoms with E-state index in [2.05, 4.69) is 5.32 Å². The van der Waals surface area contributed by atoms with Gasteiger partial charge in [0.05, 0.1) is 12.6 Å². The third kappa shape index (κ3) is 4.05. The molecule has 3 aromatic carbocycles. The van der Waals surface area contributed by atoms with Crippen molar-refractivity contribution in [1.29, 1.82) is 5.41 Å². The van der Waals surface area contributed by atoms with Crippen molar-refractivity contribution in [3.63, 3.8) is 0 Å². The highest BCUT2D eigenvalue weighted by Crippen LogP contribution is 2.27. The fourth-order valence-corrected chi connectivity index (χ4v) is 2.91. The van der Waals surface area contributed by atoms with E-state index in [9.17, 15) is 5.11 Å². The highest BCUT2D eigenvalue weighted by molar-refractivity contribution is 6.01. The molecule has 128 valence electrons. The maximum atomic E-state index is 9.57. The Morgan fingerprint density at radius 3 is 2.40 bits per heavy atom.